The number of carbonyl (C=O) groups is 2. The highest BCUT2D eigenvalue weighted by Crippen LogP contribution is 2.30. The van der Waals surface area contributed by atoms with Crippen molar-refractivity contribution in [3.05, 3.63) is 27.5 Å². The number of nitrogens with one attached hydrogen (secondary N) is 1. The number of carbonyl (C=O) groups excluding carboxylic acids is 2. The summed E-state index contributed by atoms with van der Waals surface area (Å²) in [5.41, 5.74) is 0.376. The lowest BCUT2D eigenvalue weighted by Gasteiger charge is -2.12. The summed E-state index contributed by atoms with van der Waals surface area (Å²) in [6.45, 7) is 0.711. The zero-order valence-corrected chi connectivity index (χ0v) is 9.97. The molecule has 2 N–H and O–H groups in total. The first-order chi connectivity index (χ1) is 7.52. The van der Waals surface area contributed by atoms with Crippen LogP contribution in [-0.4, -0.2) is 23.9 Å². The van der Waals surface area contributed by atoms with Crippen molar-refractivity contribution >= 4 is 33.8 Å². The minimum atomic E-state index is -0.778. The van der Waals surface area contributed by atoms with Crippen molar-refractivity contribution in [3.63, 3.8) is 0 Å². The van der Waals surface area contributed by atoms with Gasteiger partial charge in [-0.25, -0.2) is 4.39 Å². The Kier molecular flexibility index (Phi) is 4.14. The van der Waals surface area contributed by atoms with E-state index in [0.717, 1.165) is 6.07 Å². The van der Waals surface area contributed by atoms with Crippen molar-refractivity contribution in [2.45, 2.75) is 6.92 Å². The van der Waals surface area contributed by atoms with Gasteiger partial charge in [0.15, 0.2) is 5.78 Å². The maximum Gasteiger partial charge on any atom is 0.211 e. The van der Waals surface area contributed by atoms with E-state index in [4.69, 9.17) is 5.11 Å². The van der Waals surface area contributed by atoms with Gasteiger partial charge in [-0.05, 0) is 34.5 Å². The Labute approximate surface area is 99.6 Å². The van der Waals surface area contributed by atoms with Crippen LogP contribution in [0, 0.1) is 12.7 Å². The Morgan fingerprint density at radius 1 is 1.69 bits per heavy atom. The van der Waals surface area contributed by atoms with E-state index in [0.29, 0.717) is 16.6 Å². The molecule has 0 unspecified atom stereocenters. The third-order valence-electron chi connectivity index (χ3n) is 2.11. The zero-order chi connectivity index (χ0) is 12.3. The second-order valence-electron chi connectivity index (χ2n) is 3.06. The zero-order valence-electron chi connectivity index (χ0n) is 8.38. The van der Waals surface area contributed by atoms with Gasteiger partial charge in [-0.3, -0.25) is 9.59 Å². The minimum absolute atomic E-state index is 0.213. The topological polar surface area (TPSA) is 66.4 Å². The van der Waals surface area contributed by atoms with Gasteiger partial charge in [0.25, 0.3) is 0 Å². The highest BCUT2D eigenvalue weighted by atomic mass is 79.9. The van der Waals surface area contributed by atoms with Crippen molar-refractivity contribution in [1.82, 2.24) is 0 Å². The van der Waals surface area contributed by atoms with Crippen LogP contribution in [0.2, 0.25) is 0 Å². The average molecular weight is 290 g/mol. The highest BCUT2D eigenvalue weighted by Gasteiger charge is 2.19. The first-order valence-electron chi connectivity index (χ1n) is 4.35. The molecule has 0 aliphatic heterocycles. The van der Waals surface area contributed by atoms with Crippen molar-refractivity contribution in [3.8, 4) is 0 Å². The number of hydrogen-bond acceptors (Lipinski definition) is 3. The van der Waals surface area contributed by atoms with E-state index in [9.17, 15) is 14.0 Å². The minimum Gasteiger partial charge on any atom is -0.388 e. The Hall–Kier alpha value is -1.27. The van der Waals surface area contributed by atoms with E-state index in [-0.39, 0.29) is 11.1 Å². The molecule has 0 aliphatic rings. The number of Topliss-reactive ketones (excluding diaryl/α,β-unsaturated/α-hetero) is 1. The third-order valence-corrected chi connectivity index (χ3v) is 2.73. The molecule has 86 valence electrons. The van der Waals surface area contributed by atoms with Crippen LogP contribution in [0.3, 0.4) is 0 Å². The molecule has 0 radical (unpaired) electrons. The normalized spacial score (nSPS) is 10.0. The first-order valence-corrected chi connectivity index (χ1v) is 5.15. The van der Waals surface area contributed by atoms with E-state index < -0.39 is 18.2 Å². The summed E-state index contributed by atoms with van der Waals surface area (Å²) < 4.78 is 13.8. The number of anilines is 1. The molecule has 0 saturated carbocycles. The molecule has 4 nitrogen and oxygen atoms in total. The van der Waals surface area contributed by atoms with Gasteiger partial charge in [0.1, 0.15) is 12.4 Å². The lowest BCUT2D eigenvalue weighted by Crippen LogP contribution is -2.12. The summed E-state index contributed by atoms with van der Waals surface area (Å²) in [5, 5.41) is 11.1. The Morgan fingerprint density at radius 2 is 2.31 bits per heavy atom. The monoisotopic (exact) mass is 289 g/mol. The number of benzene rings is 1. The van der Waals surface area contributed by atoms with E-state index in [1.807, 2.05) is 0 Å². The van der Waals surface area contributed by atoms with Crippen LogP contribution >= 0.6 is 15.9 Å². The molecule has 1 amide bonds. The summed E-state index contributed by atoms with van der Waals surface area (Å²) in [4.78, 5) is 21.7. The molecule has 1 aromatic carbocycles. The van der Waals surface area contributed by atoms with Crippen molar-refractivity contribution in [2.24, 2.45) is 0 Å². The molecule has 0 heterocycles. The molecule has 16 heavy (non-hydrogen) atoms. The van der Waals surface area contributed by atoms with Crippen molar-refractivity contribution in [2.75, 3.05) is 11.9 Å². The number of aliphatic hydroxyl groups excluding tert-OH is 1. The molecule has 0 atom stereocenters. The van der Waals surface area contributed by atoms with Crippen LogP contribution in [-0.2, 0) is 4.79 Å². The van der Waals surface area contributed by atoms with Gasteiger partial charge in [-0.1, -0.05) is 0 Å². The van der Waals surface area contributed by atoms with Crippen LogP contribution in [0.1, 0.15) is 15.9 Å². The van der Waals surface area contributed by atoms with Gasteiger partial charge >= 0.3 is 0 Å². The number of amides is 1. The number of halogens is 2. The van der Waals surface area contributed by atoms with E-state index in [1.54, 1.807) is 0 Å². The number of ketones is 1. The summed E-state index contributed by atoms with van der Waals surface area (Å²) in [5.74, 6) is -1.46. The molecule has 6 heteroatoms. The van der Waals surface area contributed by atoms with Crippen molar-refractivity contribution in [1.29, 1.82) is 0 Å². The molecule has 0 bridgehead atoms. The van der Waals surface area contributed by atoms with Crippen LogP contribution in [0.15, 0.2) is 10.5 Å². The number of rotatable bonds is 4. The summed E-state index contributed by atoms with van der Waals surface area (Å²) in [6, 6.07) is 1.07. The smallest absolute Gasteiger partial charge is 0.211 e. The fraction of sp³-hybridized carbons (Fsp3) is 0.200. The predicted molar refractivity (Wildman–Crippen MR) is 59.9 cm³/mol. The molecule has 0 fully saturated rings. The molecule has 0 aromatic heterocycles. The lowest BCUT2D eigenvalue weighted by atomic mass is 10.0. The van der Waals surface area contributed by atoms with Crippen LogP contribution in [0.5, 0.6) is 0 Å². The standard InChI is InChI=1S/C10H9BrFNO3/c1-5-9(8(16)3-14)7(12)2-6(11)10(5)13-4-15/h2,4,14H,3H2,1H3,(H,13,15). The van der Waals surface area contributed by atoms with E-state index >= 15 is 0 Å². The third kappa shape index (κ3) is 2.28. The van der Waals surface area contributed by atoms with Gasteiger partial charge in [0.2, 0.25) is 6.41 Å². The van der Waals surface area contributed by atoms with E-state index in [2.05, 4.69) is 21.2 Å². The van der Waals surface area contributed by atoms with Crippen molar-refractivity contribution < 1.29 is 19.1 Å². The molecule has 1 rings (SSSR count). The van der Waals surface area contributed by atoms with Gasteiger partial charge < -0.3 is 10.4 Å². The predicted octanol–water partition coefficient (Wildman–Crippen LogP) is 1.64. The molecule has 1 aromatic rings. The summed E-state index contributed by atoms with van der Waals surface area (Å²) in [7, 11) is 0. The van der Waals surface area contributed by atoms with Gasteiger partial charge in [0, 0.05) is 4.47 Å². The highest BCUT2D eigenvalue weighted by molar-refractivity contribution is 9.10. The maximum absolute atomic E-state index is 13.5. The maximum atomic E-state index is 13.5. The fourth-order valence-electron chi connectivity index (χ4n) is 1.40. The molecule has 0 aliphatic carbocycles. The van der Waals surface area contributed by atoms with Crippen LogP contribution in [0.25, 0.3) is 0 Å². The van der Waals surface area contributed by atoms with E-state index in [1.165, 1.54) is 6.92 Å². The molecule has 0 saturated heterocycles. The largest absolute Gasteiger partial charge is 0.388 e. The Balaban J connectivity index is 3.44. The summed E-state index contributed by atoms with van der Waals surface area (Å²) >= 11 is 3.07. The molecule has 0 spiro atoms. The average Bonchev–Trinajstić information content (AvgIpc) is 2.23. The van der Waals surface area contributed by atoms with Gasteiger partial charge in [0.05, 0.1) is 11.3 Å². The van der Waals surface area contributed by atoms with Crippen LogP contribution in [0.4, 0.5) is 10.1 Å². The second-order valence-corrected chi connectivity index (χ2v) is 3.91. The summed E-state index contributed by atoms with van der Waals surface area (Å²) in [6.07, 6.45) is 0.429. The van der Waals surface area contributed by atoms with Crippen LogP contribution < -0.4 is 5.32 Å². The molecular formula is C10H9BrFNO3. The SMILES string of the molecule is Cc1c(NC=O)c(Br)cc(F)c1C(=O)CO. The molecular weight excluding hydrogens is 281 g/mol. The lowest BCUT2D eigenvalue weighted by molar-refractivity contribution is -0.105. The quantitative estimate of drug-likeness (QED) is 0.654. The second kappa shape index (κ2) is 5.18. The van der Waals surface area contributed by atoms with Gasteiger partial charge in [-0.15, -0.1) is 0 Å². The number of hydrogen-bond donors (Lipinski definition) is 2. The fourth-order valence-corrected chi connectivity index (χ4v) is 2.01. The number of aliphatic hydroxyl groups is 1. The Bertz CT molecular complexity index is 448. The first kappa shape index (κ1) is 12.8. The Morgan fingerprint density at radius 3 is 2.81 bits per heavy atom. The van der Waals surface area contributed by atoms with Gasteiger partial charge in [-0.2, -0.15) is 0 Å².